The second-order valence-electron chi connectivity index (χ2n) is 9.09. The summed E-state index contributed by atoms with van der Waals surface area (Å²) < 4.78 is 9.26. The van der Waals surface area contributed by atoms with Crippen LogP contribution < -0.4 is 5.32 Å². The molecule has 0 bridgehead atoms. The van der Waals surface area contributed by atoms with Crippen molar-refractivity contribution in [3.8, 4) is 0 Å². The number of aromatic nitrogens is 5. The maximum Gasteiger partial charge on any atom is 0.331 e. The van der Waals surface area contributed by atoms with E-state index in [1.807, 2.05) is 20.0 Å². The number of carbonyl (C=O) groups excluding carboxylic acids is 1. The largest absolute Gasteiger partial charge is 0.458 e. The molecule has 3 aromatic heterocycles. The summed E-state index contributed by atoms with van der Waals surface area (Å²) in [6, 6.07) is 1.65. The van der Waals surface area contributed by atoms with E-state index in [-0.39, 0.29) is 5.97 Å². The van der Waals surface area contributed by atoms with E-state index in [0.717, 1.165) is 29.7 Å². The van der Waals surface area contributed by atoms with E-state index in [0.29, 0.717) is 24.2 Å². The van der Waals surface area contributed by atoms with Crippen molar-refractivity contribution < 1.29 is 9.53 Å². The molecule has 1 unspecified atom stereocenters. The molecule has 1 fully saturated rings. The molecule has 0 amide bonds. The predicted molar refractivity (Wildman–Crippen MR) is 115 cm³/mol. The number of fused-ring (bicyclic) bond motifs is 1. The van der Waals surface area contributed by atoms with Crippen LogP contribution in [0.3, 0.4) is 0 Å². The summed E-state index contributed by atoms with van der Waals surface area (Å²) in [5.41, 5.74) is 1.19. The lowest BCUT2D eigenvalue weighted by Crippen LogP contribution is -2.17. The normalized spacial score (nSPS) is 19.4. The Kier molecular flexibility index (Phi) is 5.26. The van der Waals surface area contributed by atoms with Crippen LogP contribution in [0.5, 0.6) is 0 Å². The van der Waals surface area contributed by atoms with Gasteiger partial charge in [0.15, 0.2) is 6.04 Å². The Hall–Kier alpha value is -2.90. The molecule has 4 heterocycles. The van der Waals surface area contributed by atoms with Crippen molar-refractivity contribution in [1.82, 2.24) is 24.3 Å². The van der Waals surface area contributed by atoms with Crippen LogP contribution in [0.25, 0.3) is 11.0 Å². The first-order valence-corrected chi connectivity index (χ1v) is 10.6. The zero-order chi connectivity index (χ0) is 21.5. The molecular weight excluding hydrogens is 380 g/mol. The highest BCUT2D eigenvalue weighted by Crippen LogP contribution is 2.34. The van der Waals surface area contributed by atoms with Crippen LogP contribution >= 0.6 is 0 Å². The van der Waals surface area contributed by atoms with Crippen LogP contribution in [-0.4, -0.2) is 35.9 Å². The van der Waals surface area contributed by atoms with E-state index in [1.165, 1.54) is 0 Å². The third-order valence-corrected chi connectivity index (χ3v) is 5.91. The molecule has 1 saturated heterocycles. The number of hydrogen-bond acceptors (Lipinski definition) is 6. The first-order valence-electron chi connectivity index (χ1n) is 10.6. The summed E-state index contributed by atoms with van der Waals surface area (Å²) in [4.78, 5) is 21.3. The highest BCUT2D eigenvalue weighted by molar-refractivity contribution is 5.78. The van der Waals surface area contributed by atoms with Gasteiger partial charge in [-0.05, 0) is 31.7 Å². The minimum Gasteiger partial charge on any atom is -0.458 e. The van der Waals surface area contributed by atoms with Crippen LogP contribution in [0.2, 0.25) is 0 Å². The molecule has 0 radical (unpaired) electrons. The Balaban J connectivity index is 1.53. The lowest BCUT2D eigenvalue weighted by molar-refractivity contribution is -0.148. The van der Waals surface area contributed by atoms with Gasteiger partial charge in [0.05, 0.1) is 11.9 Å². The lowest BCUT2D eigenvalue weighted by atomic mass is 9.93. The van der Waals surface area contributed by atoms with Crippen molar-refractivity contribution in [2.24, 2.45) is 11.8 Å². The summed E-state index contributed by atoms with van der Waals surface area (Å²) >= 11 is 0. The van der Waals surface area contributed by atoms with Crippen molar-refractivity contribution in [2.45, 2.75) is 65.6 Å². The zero-order valence-electron chi connectivity index (χ0n) is 18.3. The van der Waals surface area contributed by atoms with Gasteiger partial charge in [-0.2, -0.15) is 10.1 Å². The highest BCUT2D eigenvalue weighted by Gasteiger charge is 2.41. The maximum absolute atomic E-state index is 12.1. The van der Waals surface area contributed by atoms with E-state index in [9.17, 15) is 4.79 Å². The van der Waals surface area contributed by atoms with Crippen molar-refractivity contribution >= 4 is 28.6 Å². The molecule has 0 aliphatic carbocycles. The molecule has 1 aliphatic heterocycles. The van der Waals surface area contributed by atoms with E-state index in [4.69, 9.17) is 9.72 Å². The molecular formula is C22H30N6O2. The van der Waals surface area contributed by atoms with Gasteiger partial charge in [0.1, 0.15) is 11.2 Å². The molecule has 30 heavy (non-hydrogen) atoms. The SMILES string of the molecule is CC[C@H](Cn1ccc2cnc(Nc3cnn(C4CC(C)(C)OC4=O)c3)nc21)C(C)C. The molecule has 0 aromatic carbocycles. The van der Waals surface area contributed by atoms with Crippen LogP contribution in [0, 0.1) is 11.8 Å². The fourth-order valence-electron chi connectivity index (χ4n) is 4.08. The average molecular weight is 411 g/mol. The maximum atomic E-state index is 12.1. The van der Waals surface area contributed by atoms with Crippen LogP contribution in [0.15, 0.2) is 30.9 Å². The first-order chi connectivity index (χ1) is 14.3. The number of esters is 1. The van der Waals surface area contributed by atoms with E-state index < -0.39 is 11.6 Å². The number of rotatable bonds is 7. The predicted octanol–water partition coefficient (Wildman–Crippen LogP) is 4.32. The van der Waals surface area contributed by atoms with Gasteiger partial charge >= 0.3 is 5.97 Å². The van der Waals surface area contributed by atoms with Crippen LogP contribution in [0.4, 0.5) is 11.6 Å². The summed E-state index contributed by atoms with van der Waals surface area (Å²) in [6.45, 7) is 11.5. The van der Waals surface area contributed by atoms with E-state index >= 15 is 0 Å². The van der Waals surface area contributed by atoms with Crippen molar-refractivity contribution in [2.75, 3.05) is 5.32 Å². The third-order valence-electron chi connectivity index (χ3n) is 5.91. The monoisotopic (exact) mass is 410 g/mol. The molecule has 0 saturated carbocycles. The topological polar surface area (TPSA) is 86.9 Å². The first kappa shape index (κ1) is 20.4. The number of hydrogen-bond donors (Lipinski definition) is 1. The second kappa shape index (κ2) is 7.74. The molecule has 1 aliphatic rings. The van der Waals surface area contributed by atoms with E-state index in [2.05, 4.69) is 53.0 Å². The van der Waals surface area contributed by atoms with Gasteiger partial charge in [0.2, 0.25) is 5.95 Å². The summed E-state index contributed by atoms with van der Waals surface area (Å²) in [5.74, 6) is 1.47. The highest BCUT2D eigenvalue weighted by atomic mass is 16.6. The Labute approximate surface area is 176 Å². The Morgan fingerprint density at radius 2 is 2.13 bits per heavy atom. The quantitative estimate of drug-likeness (QED) is 0.584. The molecule has 4 rings (SSSR count). The molecule has 0 spiro atoms. The van der Waals surface area contributed by atoms with Crippen molar-refractivity contribution in [1.29, 1.82) is 0 Å². The smallest absolute Gasteiger partial charge is 0.331 e. The van der Waals surface area contributed by atoms with Crippen molar-refractivity contribution in [3.63, 3.8) is 0 Å². The van der Waals surface area contributed by atoms with Gasteiger partial charge in [0, 0.05) is 36.9 Å². The summed E-state index contributed by atoms with van der Waals surface area (Å²) in [5, 5.41) is 8.57. The van der Waals surface area contributed by atoms with Crippen LogP contribution in [-0.2, 0) is 16.1 Å². The summed E-state index contributed by atoms with van der Waals surface area (Å²) in [7, 11) is 0. The summed E-state index contributed by atoms with van der Waals surface area (Å²) in [6.07, 6.45) is 9.12. The number of ether oxygens (including phenoxy) is 1. The molecule has 3 aromatic rings. The minimum absolute atomic E-state index is 0.249. The zero-order valence-corrected chi connectivity index (χ0v) is 18.3. The fourth-order valence-corrected chi connectivity index (χ4v) is 4.08. The molecule has 1 N–H and O–H groups in total. The second-order valence-corrected chi connectivity index (χ2v) is 9.09. The number of carbonyl (C=O) groups is 1. The van der Waals surface area contributed by atoms with Crippen molar-refractivity contribution in [3.05, 3.63) is 30.9 Å². The molecule has 8 heteroatoms. The van der Waals surface area contributed by atoms with Gasteiger partial charge < -0.3 is 14.6 Å². The van der Waals surface area contributed by atoms with Crippen LogP contribution in [0.1, 0.15) is 53.5 Å². The Morgan fingerprint density at radius 3 is 2.80 bits per heavy atom. The fraction of sp³-hybridized carbons (Fsp3) is 0.545. The molecule has 2 atom stereocenters. The molecule has 160 valence electrons. The number of cyclic esters (lactones) is 1. The number of nitrogens with zero attached hydrogens (tertiary/aromatic N) is 5. The lowest BCUT2D eigenvalue weighted by Gasteiger charge is -2.20. The Bertz CT molecular complexity index is 1050. The van der Waals surface area contributed by atoms with Gasteiger partial charge in [-0.1, -0.05) is 27.2 Å². The van der Waals surface area contributed by atoms with E-state index in [1.54, 1.807) is 17.1 Å². The number of nitrogens with one attached hydrogen (secondary N) is 1. The third kappa shape index (κ3) is 4.04. The van der Waals surface area contributed by atoms with Gasteiger partial charge in [-0.3, -0.25) is 4.68 Å². The number of anilines is 2. The standard InChI is InChI=1S/C22H30N6O2/c1-6-15(14(2)3)12-27-8-7-16-10-23-21(26-19(16)27)25-17-11-24-28(13-17)18-9-22(4,5)30-20(18)29/h7-8,10-11,13-15,18H,6,9,12H2,1-5H3,(H,23,25,26)/t15-,18?/m1/s1. The van der Waals surface area contributed by atoms with Gasteiger partial charge in [-0.15, -0.1) is 0 Å². The molecule has 8 nitrogen and oxygen atoms in total. The Morgan fingerprint density at radius 1 is 1.33 bits per heavy atom. The van der Waals surface area contributed by atoms with Gasteiger partial charge in [0.25, 0.3) is 0 Å². The minimum atomic E-state index is -0.465. The average Bonchev–Trinajstić information content (AvgIpc) is 3.36. The van der Waals surface area contributed by atoms with Gasteiger partial charge in [-0.25, -0.2) is 9.78 Å².